The van der Waals surface area contributed by atoms with Gasteiger partial charge in [-0.05, 0) is 83.9 Å². The van der Waals surface area contributed by atoms with Crippen molar-refractivity contribution in [2.24, 2.45) is 0 Å². The van der Waals surface area contributed by atoms with Gasteiger partial charge in [-0.25, -0.2) is 0 Å². The summed E-state index contributed by atoms with van der Waals surface area (Å²) in [5.41, 5.74) is 2.78. The molecule has 0 bridgehead atoms. The Morgan fingerprint density at radius 3 is 2.38 bits per heavy atom. The molecule has 39 heavy (non-hydrogen) atoms. The second-order valence-electron chi connectivity index (χ2n) is 8.50. The number of benzene rings is 3. The molecule has 1 saturated heterocycles. The van der Waals surface area contributed by atoms with Crippen LogP contribution in [-0.2, 0) is 16.0 Å². The summed E-state index contributed by atoms with van der Waals surface area (Å²) in [6.07, 6.45) is 2.45. The molecule has 200 valence electrons. The van der Waals surface area contributed by atoms with Gasteiger partial charge in [-0.2, -0.15) is 0 Å². The average Bonchev–Trinajstić information content (AvgIpc) is 3.20. The van der Waals surface area contributed by atoms with E-state index in [2.05, 4.69) is 12.2 Å². The number of carbonyl (C=O) groups excluding carboxylic acids is 4. The van der Waals surface area contributed by atoms with Crippen LogP contribution in [0.1, 0.15) is 28.4 Å². The number of aryl methyl sites for hydroxylation is 1. The lowest BCUT2D eigenvalue weighted by Gasteiger charge is -2.12. The Kier molecular flexibility index (Phi) is 9.06. The molecule has 0 aliphatic carbocycles. The minimum atomic E-state index is -0.560. The molecule has 0 spiro atoms. The van der Waals surface area contributed by atoms with Gasteiger partial charge >= 0.3 is 0 Å². The summed E-state index contributed by atoms with van der Waals surface area (Å²) >= 11 is 6.61. The zero-order valence-corrected chi connectivity index (χ0v) is 22.8. The Balaban J connectivity index is 1.39. The zero-order valence-electron chi connectivity index (χ0n) is 21.2. The molecule has 3 aromatic carbocycles. The van der Waals surface area contributed by atoms with Crippen molar-refractivity contribution in [3.63, 3.8) is 0 Å². The molecule has 4 rings (SSSR count). The van der Waals surface area contributed by atoms with Crippen molar-refractivity contribution in [1.29, 1.82) is 0 Å². The van der Waals surface area contributed by atoms with Crippen LogP contribution in [0.5, 0.6) is 11.5 Å². The van der Waals surface area contributed by atoms with E-state index in [0.717, 1.165) is 23.1 Å². The van der Waals surface area contributed by atoms with Crippen LogP contribution in [0.15, 0.2) is 71.6 Å². The van der Waals surface area contributed by atoms with Crippen LogP contribution in [0.25, 0.3) is 6.08 Å². The van der Waals surface area contributed by atoms with Gasteiger partial charge in [0.2, 0.25) is 0 Å². The van der Waals surface area contributed by atoms with Gasteiger partial charge in [0, 0.05) is 16.3 Å². The lowest BCUT2D eigenvalue weighted by Crippen LogP contribution is -2.33. The van der Waals surface area contributed by atoms with Crippen molar-refractivity contribution < 1.29 is 28.7 Å². The fourth-order valence-electron chi connectivity index (χ4n) is 3.72. The van der Waals surface area contributed by atoms with Crippen molar-refractivity contribution in [1.82, 2.24) is 4.90 Å². The van der Waals surface area contributed by atoms with E-state index < -0.39 is 11.1 Å². The maximum Gasteiger partial charge on any atom is 0.293 e. The molecule has 0 aromatic heterocycles. The summed E-state index contributed by atoms with van der Waals surface area (Å²) in [7, 11) is 1.46. The smallest absolute Gasteiger partial charge is 0.293 e. The van der Waals surface area contributed by atoms with E-state index in [9.17, 15) is 19.2 Å². The number of nitrogens with zero attached hydrogens (tertiary/aromatic N) is 1. The highest BCUT2D eigenvalue weighted by atomic mass is 35.5. The number of Topliss-reactive ketones (excluding diaryl/α,β-unsaturated/α-hetero) is 1. The molecule has 8 nitrogen and oxygen atoms in total. The summed E-state index contributed by atoms with van der Waals surface area (Å²) < 4.78 is 11.0. The first-order valence-electron chi connectivity index (χ1n) is 12.0. The van der Waals surface area contributed by atoms with Crippen LogP contribution in [0.3, 0.4) is 0 Å². The van der Waals surface area contributed by atoms with E-state index >= 15 is 0 Å². The van der Waals surface area contributed by atoms with E-state index in [4.69, 9.17) is 21.1 Å². The number of halogens is 1. The predicted molar refractivity (Wildman–Crippen MR) is 151 cm³/mol. The van der Waals surface area contributed by atoms with E-state index in [1.807, 2.05) is 24.3 Å². The first kappa shape index (κ1) is 27.9. The topological polar surface area (TPSA) is 102 Å². The van der Waals surface area contributed by atoms with Crippen LogP contribution in [0.4, 0.5) is 10.5 Å². The number of methoxy groups -OCH3 is 1. The molecule has 1 fully saturated rings. The number of ketones is 1. The first-order valence-corrected chi connectivity index (χ1v) is 13.2. The maximum absolute atomic E-state index is 12.9. The largest absolute Gasteiger partial charge is 0.493 e. The van der Waals surface area contributed by atoms with Gasteiger partial charge in [0.05, 0.1) is 18.6 Å². The third kappa shape index (κ3) is 7.07. The molecule has 1 heterocycles. The molecule has 10 heteroatoms. The highest BCUT2D eigenvalue weighted by molar-refractivity contribution is 8.18. The molecule has 0 saturated carbocycles. The third-order valence-electron chi connectivity index (χ3n) is 5.83. The molecule has 0 atom stereocenters. The molecule has 1 N–H and O–H groups in total. The van der Waals surface area contributed by atoms with Crippen molar-refractivity contribution in [3.05, 3.63) is 93.3 Å². The Morgan fingerprint density at radius 1 is 1.00 bits per heavy atom. The van der Waals surface area contributed by atoms with Gasteiger partial charge in [0.1, 0.15) is 0 Å². The molecule has 3 aromatic rings. The van der Waals surface area contributed by atoms with Gasteiger partial charge < -0.3 is 14.8 Å². The van der Waals surface area contributed by atoms with Crippen LogP contribution < -0.4 is 14.8 Å². The van der Waals surface area contributed by atoms with E-state index in [1.54, 1.807) is 42.5 Å². The van der Waals surface area contributed by atoms with Crippen LogP contribution >= 0.6 is 23.4 Å². The minimum Gasteiger partial charge on any atom is -0.493 e. The molecule has 0 radical (unpaired) electrons. The fourth-order valence-corrected chi connectivity index (χ4v) is 4.68. The van der Waals surface area contributed by atoms with Crippen LogP contribution in [0, 0.1) is 0 Å². The molecular formula is C29H25ClN2O6S. The van der Waals surface area contributed by atoms with Gasteiger partial charge in [0.25, 0.3) is 17.1 Å². The standard InChI is InChI=1S/C29H25ClN2O6S/c1-3-18-4-11-22(12-5-18)31-27(34)17-38-24-13-6-19(14-25(24)37-2)15-26-28(35)32(29(36)39-26)16-23(33)20-7-9-21(30)10-8-20/h4-15H,3,16-17H2,1-2H3,(H,31,34)/b26-15-. The lowest BCUT2D eigenvalue weighted by molar-refractivity contribution is -0.122. The highest BCUT2D eigenvalue weighted by Gasteiger charge is 2.36. The maximum atomic E-state index is 12.9. The quantitative estimate of drug-likeness (QED) is 0.243. The van der Waals surface area contributed by atoms with Crippen molar-refractivity contribution in [3.8, 4) is 11.5 Å². The van der Waals surface area contributed by atoms with Crippen molar-refractivity contribution in [2.75, 3.05) is 25.6 Å². The zero-order chi connectivity index (χ0) is 27.9. The number of anilines is 1. The predicted octanol–water partition coefficient (Wildman–Crippen LogP) is 5.85. The molecule has 1 aliphatic rings. The third-order valence-corrected chi connectivity index (χ3v) is 6.99. The van der Waals surface area contributed by atoms with Gasteiger partial charge in [-0.3, -0.25) is 24.1 Å². The second-order valence-corrected chi connectivity index (χ2v) is 9.93. The van der Waals surface area contributed by atoms with Gasteiger partial charge in [-0.15, -0.1) is 0 Å². The first-order chi connectivity index (χ1) is 18.8. The van der Waals surface area contributed by atoms with E-state index in [0.29, 0.717) is 33.3 Å². The highest BCUT2D eigenvalue weighted by Crippen LogP contribution is 2.34. The summed E-state index contributed by atoms with van der Waals surface area (Å²) in [6.45, 7) is 1.46. The van der Waals surface area contributed by atoms with E-state index in [-0.39, 0.29) is 29.7 Å². The normalized spacial score (nSPS) is 14.0. The summed E-state index contributed by atoms with van der Waals surface area (Å²) in [5.74, 6) is -0.573. The number of thioether (sulfide) groups is 1. The van der Waals surface area contributed by atoms with Gasteiger partial charge in [-0.1, -0.05) is 36.7 Å². The summed E-state index contributed by atoms with van der Waals surface area (Å²) in [4.78, 5) is 51.3. The Morgan fingerprint density at radius 2 is 1.72 bits per heavy atom. The van der Waals surface area contributed by atoms with Crippen LogP contribution in [-0.4, -0.2) is 48.0 Å². The number of hydrogen-bond donors (Lipinski definition) is 1. The number of hydrogen-bond acceptors (Lipinski definition) is 7. The summed E-state index contributed by atoms with van der Waals surface area (Å²) in [6, 6.07) is 18.7. The Hall–Kier alpha value is -4.08. The van der Waals surface area contributed by atoms with Crippen LogP contribution in [0.2, 0.25) is 5.02 Å². The molecule has 1 aliphatic heterocycles. The van der Waals surface area contributed by atoms with E-state index in [1.165, 1.54) is 18.7 Å². The number of rotatable bonds is 10. The summed E-state index contributed by atoms with van der Waals surface area (Å²) in [5, 5.41) is 2.73. The number of ether oxygens (including phenoxy) is 2. The molecular weight excluding hydrogens is 540 g/mol. The Labute approximate surface area is 234 Å². The Bertz CT molecular complexity index is 1440. The fraction of sp³-hybridized carbons (Fsp3) is 0.172. The lowest BCUT2D eigenvalue weighted by atomic mass is 10.1. The molecule has 3 amide bonds. The number of nitrogens with one attached hydrogen (secondary N) is 1. The van der Waals surface area contributed by atoms with Crippen molar-refractivity contribution in [2.45, 2.75) is 13.3 Å². The number of imide groups is 1. The number of carbonyl (C=O) groups is 4. The van der Waals surface area contributed by atoms with Gasteiger partial charge in [0.15, 0.2) is 23.9 Å². The molecule has 0 unspecified atom stereocenters. The monoisotopic (exact) mass is 564 g/mol. The minimum absolute atomic E-state index is 0.174. The number of amides is 3. The second kappa shape index (κ2) is 12.6. The average molecular weight is 565 g/mol. The van der Waals surface area contributed by atoms with Crippen molar-refractivity contribution >= 4 is 58.0 Å². The SMILES string of the molecule is CCc1ccc(NC(=O)COc2ccc(/C=C3\SC(=O)N(CC(=O)c4ccc(Cl)cc4)C3=O)cc2OC)cc1.